The predicted molar refractivity (Wildman–Crippen MR) is 505 cm³/mol. The minimum Gasteiger partial charge on any atom is -0.494 e. The third kappa shape index (κ3) is 68.2. The zero-order valence-electron chi connectivity index (χ0n) is 81.1. The molecule has 43 nitrogen and oxygen atoms in total. The van der Waals surface area contributed by atoms with Gasteiger partial charge < -0.3 is 126 Å². The second-order valence-electron chi connectivity index (χ2n) is 33.6. The second kappa shape index (κ2) is 81.8. The summed E-state index contributed by atoms with van der Waals surface area (Å²) in [5, 5.41) is 87.5. The zero-order valence-corrected chi connectivity index (χ0v) is 81.1. The largest absolute Gasteiger partial charge is 0.494 e. The van der Waals surface area contributed by atoms with Crippen LogP contribution in [0.2, 0.25) is 0 Å². The van der Waals surface area contributed by atoms with Gasteiger partial charge in [-0.1, -0.05) is 70.6 Å². The summed E-state index contributed by atoms with van der Waals surface area (Å²) < 4.78 is 54.3. The van der Waals surface area contributed by atoms with E-state index in [4.69, 9.17) is 57.6 Å². The van der Waals surface area contributed by atoms with Gasteiger partial charge in [-0.25, -0.2) is 19.2 Å². The Bertz CT molecular complexity index is 3950. The molecule has 2 aromatic carbocycles. The van der Waals surface area contributed by atoms with Crippen LogP contribution in [-0.2, 0) is 115 Å². The highest BCUT2D eigenvalue weighted by Crippen LogP contribution is 2.22. The molecule has 0 bridgehead atoms. The summed E-state index contributed by atoms with van der Waals surface area (Å²) in [6.07, 6.45) is 14.7. The van der Waals surface area contributed by atoms with Crippen molar-refractivity contribution >= 4 is 106 Å². The van der Waals surface area contributed by atoms with Crippen molar-refractivity contribution < 1.29 is 169 Å². The van der Waals surface area contributed by atoms with E-state index in [1.165, 1.54) is 24.3 Å². The number of amides is 7. The molecule has 0 aliphatic carbocycles. The maximum Gasteiger partial charge on any atom is 0.335 e. The average molecular weight is 1990 g/mol. The first-order valence-electron chi connectivity index (χ1n) is 48.7. The number of Topliss-reactive ketones (excluding diaryl/α,β-unsaturated/α-hetero) is 5. The Morgan fingerprint density at radius 2 is 0.621 bits per heavy atom. The number of ketones is 5. The smallest absolute Gasteiger partial charge is 0.335 e. The molecule has 0 spiro atoms. The number of aliphatic carboxylic acids is 4. The van der Waals surface area contributed by atoms with Crippen LogP contribution in [-0.4, -0.2) is 325 Å². The second-order valence-corrected chi connectivity index (χ2v) is 33.6. The lowest BCUT2D eigenvalue weighted by Gasteiger charge is -2.18. The fourth-order valence-corrected chi connectivity index (χ4v) is 14.1. The summed E-state index contributed by atoms with van der Waals surface area (Å²) in [6, 6.07) is 9.31. The number of carbonyl (C=O) groups excluding carboxylic acids is 12. The lowest BCUT2D eigenvalue weighted by atomic mass is 9.90. The number of nitrogens with one attached hydrogen (secondary N) is 8. The number of aromatic carboxylic acids is 2. The molecule has 0 radical (unpaired) electrons. The first-order chi connectivity index (χ1) is 67.4. The zero-order chi connectivity index (χ0) is 103. The van der Waals surface area contributed by atoms with Crippen molar-refractivity contribution in [3.05, 3.63) is 59.7 Å². The van der Waals surface area contributed by atoms with Crippen LogP contribution in [0.1, 0.15) is 252 Å². The highest BCUT2D eigenvalue weighted by Gasteiger charge is 2.28. The Kier molecular flexibility index (Phi) is 73.1. The van der Waals surface area contributed by atoms with Crippen molar-refractivity contribution in [2.45, 2.75) is 249 Å². The van der Waals surface area contributed by atoms with Crippen LogP contribution in [0.15, 0.2) is 48.5 Å². The van der Waals surface area contributed by atoms with E-state index in [1.54, 1.807) is 31.3 Å². The van der Waals surface area contributed by atoms with E-state index >= 15 is 0 Å². The Balaban J connectivity index is 1.43. The van der Waals surface area contributed by atoms with Gasteiger partial charge in [0.05, 0.1) is 115 Å². The maximum atomic E-state index is 13.3. The van der Waals surface area contributed by atoms with Crippen LogP contribution in [0.3, 0.4) is 0 Å². The fraction of sp³-hybridized carbons (Fsp3) is 0.691. The number of unbranched alkanes of at least 4 members (excludes halogenated alkanes) is 14. The number of benzene rings is 2. The summed E-state index contributed by atoms with van der Waals surface area (Å²) >= 11 is 0. The predicted octanol–water partition coefficient (Wildman–Crippen LogP) is 5.88. The number of carbonyl (C=O) groups is 18. The van der Waals surface area contributed by atoms with Crippen molar-refractivity contribution in [2.75, 3.05) is 165 Å². The van der Waals surface area contributed by atoms with E-state index in [9.17, 15) is 112 Å². The van der Waals surface area contributed by atoms with E-state index in [0.717, 1.165) is 77.0 Å². The highest BCUT2D eigenvalue weighted by molar-refractivity contribution is 5.90. The molecule has 0 aliphatic rings. The van der Waals surface area contributed by atoms with Gasteiger partial charge in [-0.05, 0) is 152 Å². The van der Waals surface area contributed by atoms with Crippen molar-refractivity contribution in [3.63, 3.8) is 0 Å². The Morgan fingerprint density at radius 3 is 1.06 bits per heavy atom. The summed E-state index contributed by atoms with van der Waals surface area (Å²) in [4.78, 5) is 220. The van der Waals surface area contributed by atoms with Gasteiger partial charge in [-0.15, -0.1) is 0 Å². The molecule has 0 unspecified atom stereocenters. The minimum atomic E-state index is -1.39. The molecule has 0 aliphatic heterocycles. The van der Waals surface area contributed by atoms with Gasteiger partial charge in [0, 0.05) is 109 Å². The molecule has 15 N–H and O–H groups in total. The lowest BCUT2D eigenvalue weighted by molar-refractivity contribution is -0.145. The van der Waals surface area contributed by atoms with E-state index in [0.29, 0.717) is 82.5 Å². The maximum absolute atomic E-state index is 13.3. The van der Waals surface area contributed by atoms with Crippen LogP contribution in [0.5, 0.6) is 11.5 Å². The summed E-state index contributed by atoms with van der Waals surface area (Å²) in [7, 11) is 1.62. The van der Waals surface area contributed by atoms with Crippen molar-refractivity contribution in [2.24, 2.45) is 17.8 Å². The molecule has 0 fully saturated rings. The Morgan fingerprint density at radius 1 is 0.264 bits per heavy atom. The van der Waals surface area contributed by atoms with E-state index < -0.39 is 132 Å². The minimum absolute atomic E-state index is 0.00150. The van der Waals surface area contributed by atoms with Crippen LogP contribution in [0.4, 0.5) is 0 Å². The number of carboxylic acid groups (broad SMARTS) is 6. The molecule has 0 heterocycles. The summed E-state index contributed by atoms with van der Waals surface area (Å²) in [5.41, 5.74) is 0.391. The van der Waals surface area contributed by atoms with Crippen LogP contribution in [0, 0.1) is 17.8 Å². The van der Waals surface area contributed by atoms with E-state index in [1.807, 2.05) is 0 Å². The van der Waals surface area contributed by atoms with Gasteiger partial charge in [-0.3, -0.25) is 67.1 Å². The van der Waals surface area contributed by atoms with Gasteiger partial charge in [0.15, 0.2) is 17.3 Å². The molecule has 0 aromatic heterocycles. The molecule has 43 heteroatoms. The van der Waals surface area contributed by atoms with Crippen molar-refractivity contribution in [3.8, 4) is 11.5 Å². The average Bonchev–Trinajstić information content (AvgIpc) is 0.897. The standard InChI is InChI=1S/C97H152N8O35/c1-98-80(24-15-17-45-99-85(112)40-32-74(95(125)126)64-77(109)67-136-60-57-134-54-48-103-90(117)68-137-62-58-133-53-47-102-88(115)43-37-81(96(127)128)104-89(116)25-13-9-5-3-7-11-19-51-140-79-35-28-72(29-36-79)93(121)122)83(110)39-30-70(84(111)65-106)21-14-16-44-100-87(114)42-38-82(97(129)130)105-91(118)69-138-61-55-131-49-20-23-76(108)66-135-59-56-132-52-46-101-86(113)41-31-73(94(123)124)63-75(107)22-12-8-4-2-6-10-18-50-139-78-33-26-71(27-34-78)92(119)120/h26-29,33-36,70,73-74,80-82,98,106H,2-25,30-32,37-69H2,1H3,(H,99,112)(H,100,114)(H,101,113)(H,102,115)(H,103,117)(H,104,116)(H,105,118)(H,119,120)(H,121,122)(H,123,124)(H,125,126)(H,127,128)(H,129,130)/t70-,73-,74-,80+,81+,82+/m1/s1. The SMILES string of the molecule is CN[C@@H](CCCCNC(=O)CC[C@H](CC(=O)COCCOCCNC(=O)COCCOCCNC(=O)CC[C@H](NC(=O)CCCCCCCCCOc1ccc(C(=O)O)cc1)C(=O)O)C(=O)O)C(=O)CC[C@@H](CCCCNC(=O)CC[C@H](NC(=O)COCCOCCCC(=O)COCCOCCNC(=O)CC[C@H](CC(=O)CCCCCCCCCOc1ccc(C(=O)O)cc1)C(=O)O)C(=O)O)C(=O)CO. The first-order valence-corrected chi connectivity index (χ1v) is 48.7. The van der Waals surface area contributed by atoms with Gasteiger partial charge in [-0.2, -0.15) is 0 Å². The van der Waals surface area contributed by atoms with Gasteiger partial charge in [0.1, 0.15) is 68.2 Å². The monoisotopic (exact) mass is 1990 g/mol. The fourth-order valence-electron chi connectivity index (χ4n) is 14.1. The normalized spacial score (nSPS) is 12.4. The molecular formula is C97H152N8O35. The van der Waals surface area contributed by atoms with Crippen LogP contribution >= 0.6 is 0 Å². The molecule has 2 aromatic rings. The molecule has 0 saturated heterocycles. The molecular weight excluding hydrogens is 1840 g/mol. The molecule has 0 saturated carbocycles. The van der Waals surface area contributed by atoms with Crippen molar-refractivity contribution in [1.82, 2.24) is 42.5 Å². The molecule has 140 heavy (non-hydrogen) atoms. The van der Waals surface area contributed by atoms with Gasteiger partial charge in [0.25, 0.3) is 0 Å². The number of aliphatic hydroxyl groups excluding tert-OH is 1. The third-order valence-electron chi connectivity index (χ3n) is 22.1. The summed E-state index contributed by atoms with van der Waals surface area (Å²) in [5.74, 6) is -13.1. The van der Waals surface area contributed by atoms with Gasteiger partial charge in [0.2, 0.25) is 41.4 Å². The quantitative estimate of drug-likeness (QED) is 0.0344. The molecule has 2 rings (SSSR count). The Hall–Kier alpha value is -10.9. The van der Waals surface area contributed by atoms with E-state index in [-0.39, 0.29) is 263 Å². The molecule has 790 valence electrons. The van der Waals surface area contributed by atoms with Crippen LogP contribution < -0.4 is 52.0 Å². The molecule has 7 amide bonds. The number of hydrogen-bond donors (Lipinski definition) is 15. The van der Waals surface area contributed by atoms with Crippen LogP contribution in [0.25, 0.3) is 0 Å². The van der Waals surface area contributed by atoms with Gasteiger partial charge >= 0.3 is 35.8 Å². The lowest BCUT2D eigenvalue weighted by Crippen LogP contribution is -2.43. The Labute approximate surface area is 818 Å². The number of aliphatic hydroxyl groups is 1. The van der Waals surface area contributed by atoms with E-state index in [2.05, 4.69) is 42.5 Å². The third-order valence-corrected chi connectivity index (χ3v) is 22.1. The summed E-state index contributed by atoms with van der Waals surface area (Å²) in [6.45, 7) is 1.08. The number of likely N-dealkylation sites (N-methyl/N-ethyl adjacent to an activating group) is 1. The topological polar surface area (TPSA) is 637 Å². The highest BCUT2D eigenvalue weighted by atomic mass is 16.5. The number of rotatable bonds is 96. The van der Waals surface area contributed by atoms with Crippen molar-refractivity contribution in [1.29, 1.82) is 0 Å². The number of carboxylic acids is 6. The first kappa shape index (κ1) is 125. The number of hydrogen-bond acceptors (Lipinski definition) is 30. The molecule has 6 atom stereocenters. The number of ether oxygens (including phenoxy) is 10.